The van der Waals surface area contributed by atoms with Gasteiger partial charge in [-0.3, -0.25) is 0 Å². The van der Waals surface area contributed by atoms with Gasteiger partial charge in [-0.15, -0.1) is 0 Å². The molecule has 7 heteroatoms. The van der Waals surface area contributed by atoms with Crippen molar-refractivity contribution in [1.82, 2.24) is 0 Å². The molecule has 50 valence electrons. The van der Waals surface area contributed by atoms with Crippen LogP contribution in [0.25, 0.3) is 0 Å². The smallest absolute Gasteiger partial charge is 0.373 e. The molecule has 0 atom stereocenters. The number of aliphatic hydroxyl groups is 3. The second-order valence-electron chi connectivity index (χ2n) is 1.03. The zero-order valence-corrected chi connectivity index (χ0v) is 4.29. The van der Waals surface area contributed by atoms with E-state index in [2.05, 4.69) is 0 Å². The van der Waals surface area contributed by atoms with Crippen LogP contribution in [0.15, 0.2) is 0 Å². The van der Waals surface area contributed by atoms with Crippen molar-refractivity contribution in [3.05, 3.63) is 0 Å². The summed E-state index contributed by atoms with van der Waals surface area (Å²) >= 11 is 0. The summed E-state index contributed by atoms with van der Waals surface area (Å²) in [7, 11) is -5.42. The topological polar surface area (TPSA) is 118 Å². The zero-order valence-electron chi connectivity index (χ0n) is 3.47. The summed E-state index contributed by atoms with van der Waals surface area (Å²) in [5.74, 6) is 0. The minimum atomic E-state index is -5.42. The van der Waals surface area contributed by atoms with Gasteiger partial charge < -0.3 is 19.9 Å². The summed E-state index contributed by atoms with van der Waals surface area (Å²) in [6, 6.07) is 0. The van der Waals surface area contributed by atoms with Crippen molar-refractivity contribution < 1.29 is 28.3 Å². The number of hydrogen-bond acceptors (Lipinski definition) is 6. The number of hydrogen-bond donors (Lipinski definition) is 3. The third kappa shape index (κ3) is 1.72. The van der Waals surface area contributed by atoms with Crippen molar-refractivity contribution >= 4 is 10.1 Å². The monoisotopic (exact) mass is 143 g/mol. The van der Waals surface area contributed by atoms with Crippen LogP contribution in [-0.2, 0) is 10.1 Å². The van der Waals surface area contributed by atoms with Crippen molar-refractivity contribution in [3.8, 4) is 0 Å². The minimum Gasteiger partial charge on any atom is -0.742 e. The average Bonchev–Trinajstić information content (AvgIpc) is 1.25. The Morgan fingerprint density at radius 1 is 1.25 bits per heavy atom. The summed E-state index contributed by atoms with van der Waals surface area (Å²) in [5, 5.41) is 18.5. The highest BCUT2D eigenvalue weighted by Crippen LogP contribution is 1.99. The van der Waals surface area contributed by atoms with Crippen LogP contribution in [0, 0.1) is 0 Å². The molecule has 0 radical (unpaired) electrons. The van der Waals surface area contributed by atoms with Crippen molar-refractivity contribution in [2.75, 3.05) is 0 Å². The van der Waals surface area contributed by atoms with Crippen molar-refractivity contribution in [1.29, 1.82) is 0 Å². The lowest BCUT2D eigenvalue weighted by Crippen LogP contribution is -2.37. The van der Waals surface area contributed by atoms with E-state index in [1.165, 1.54) is 0 Å². The highest BCUT2D eigenvalue weighted by Gasteiger charge is 2.27. The molecule has 0 spiro atoms. The van der Waals surface area contributed by atoms with Gasteiger partial charge in [0.2, 0.25) is 0 Å². The quantitative estimate of drug-likeness (QED) is 0.268. The summed E-state index contributed by atoms with van der Waals surface area (Å²) < 4.78 is 28.0. The molecular formula is CH3O6S-. The molecule has 0 aliphatic heterocycles. The van der Waals surface area contributed by atoms with E-state index in [9.17, 15) is 13.0 Å². The molecule has 0 saturated heterocycles. The Morgan fingerprint density at radius 3 is 1.38 bits per heavy atom. The fourth-order valence-corrected chi connectivity index (χ4v) is 0. The second kappa shape index (κ2) is 1.64. The molecular weight excluding hydrogens is 140 g/mol. The van der Waals surface area contributed by atoms with Crippen LogP contribution >= 0.6 is 0 Å². The molecule has 0 heterocycles. The fourth-order valence-electron chi connectivity index (χ4n) is 0. The first-order valence-corrected chi connectivity index (χ1v) is 2.78. The lowest BCUT2D eigenvalue weighted by atomic mass is 11.3. The molecule has 0 fully saturated rings. The third-order valence-corrected chi connectivity index (χ3v) is 1.01. The van der Waals surface area contributed by atoms with Crippen molar-refractivity contribution in [3.63, 3.8) is 0 Å². The third-order valence-electron chi connectivity index (χ3n) is 0.335. The first kappa shape index (κ1) is 7.79. The van der Waals surface area contributed by atoms with E-state index in [1.807, 2.05) is 0 Å². The second-order valence-corrected chi connectivity index (χ2v) is 2.48. The largest absolute Gasteiger partial charge is 0.742 e. The highest BCUT2D eigenvalue weighted by atomic mass is 32.2. The fraction of sp³-hybridized carbons (Fsp3) is 1.00. The van der Waals surface area contributed by atoms with Gasteiger partial charge in [0.15, 0.2) is 10.1 Å². The van der Waals surface area contributed by atoms with Crippen LogP contribution in [0.2, 0.25) is 0 Å². The summed E-state index contributed by atoms with van der Waals surface area (Å²) in [6.45, 7) is 0. The normalized spacial score (nSPS) is 14.0. The van der Waals surface area contributed by atoms with Crippen molar-refractivity contribution in [2.45, 2.75) is 5.31 Å². The van der Waals surface area contributed by atoms with Crippen LogP contribution in [0.3, 0.4) is 0 Å². The van der Waals surface area contributed by atoms with E-state index < -0.39 is 15.4 Å². The van der Waals surface area contributed by atoms with Gasteiger partial charge in [0.05, 0.1) is 0 Å². The Bertz CT molecular complexity index is 157. The zero-order chi connectivity index (χ0) is 7.00. The van der Waals surface area contributed by atoms with Crippen molar-refractivity contribution in [2.24, 2.45) is 0 Å². The lowest BCUT2D eigenvalue weighted by Gasteiger charge is -2.16. The van der Waals surface area contributed by atoms with Gasteiger partial charge >= 0.3 is 5.31 Å². The van der Waals surface area contributed by atoms with Gasteiger partial charge in [-0.25, -0.2) is 8.42 Å². The van der Waals surface area contributed by atoms with E-state index in [0.29, 0.717) is 0 Å². The van der Waals surface area contributed by atoms with Crippen LogP contribution in [0.4, 0.5) is 0 Å². The molecule has 0 aromatic rings. The molecule has 0 amide bonds. The van der Waals surface area contributed by atoms with E-state index in [1.54, 1.807) is 0 Å². The molecule has 0 aromatic heterocycles. The predicted octanol–water partition coefficient (Wildman–Crippen LogP) is -2.88. The Morgan fingerprint density at radius 2 is 1.38 bits per heavy atom. The molecule has 0 aromatic carbocycles. The first-order chi connectivity index (χ1) is 3.25. The summed E-state index contributed by atoms with van der Waals surface area (Å²) in [4.78, 5) is 0. The molecule has 0 aliphatic carbocycles. The molecule has 8 heavy (non-hydrogen) atoms. The molecule has 0 bridgehead atoms. The Hall–Kier alpha value is -0.210. The van der Waals surface area contributed by atoms with Crippen LogP contribution in [0.1, 0.15) is 0 Å². The van der Waals surface area contributed by atoms with Gasteiger partial charge in [0.1, 0.15) is 0 Å². The van der Waals surface area contributed by atoms with Gasteiger partial charge in [0.25, 0.3) is 0 Å². The molecule has 3 N–H and O–H groups in total. The Kier molecular flexibility index (Phi) is 1.59. The summed E-state index contributed by atoms with van der Waals surface area (Å²) in [6.07, 6.45) is 0. The molecule has 6 nitrogen and oxygen atoms in total. The number of rotatable bonds is 1. The molecule has 0 saturated carbocycles. The van der Waals surface area contributed by atoms with Gasteiger partial charge in [0, 0.05) is 0 Å². The first-order valence-electron chi connectivity index (χ1n) is 1.37. The SMILES string of the molecule is O=S(=O)([O-])C(O)(O)O. The van der Waals surface area contributed by atoms with Crippen LogP contribution < -0.4 is 0 Å². The standard InChI is InChI=1S/CH4O6S/c2-1(3,4)8(5,6)7/h2-4H,(H,5,6,7)/p-1. The van der Waals surface area contributed by atoms with E-state index in [-0.39, 0.29) is 0 Å². The highest BCUT2D eigenvalue weighted by molar-refractivity contribution is 7.86. The Balaban J connectivity index is 4.53. The maximum absolute atomic E-state index is 9.35. The lowest BCUT2D eigenvalue weighted by molar-refractivity contribution is -0.246. The maximum atomic E-state index is 9.35. The minimum absolute atomic E-state index is 4.15. The van der Waals surface area contributed by atoms with E-state index in [0.717, 1.165) is 0 Å². The Labute approximate surface area is 44.8 Å². The van der Waals surface area contributed by atoms with Gasteiger partial charge in [-0.05, 0) is 0 Å². The molecule has 0 unspecified atom stereocenters. The predicted molar refractivity (Wildman–Crippen MR) is 19.1 cm³/mol. The average molecular weight is 143 g/mol. The van der Waals surface area contributed by atoms with Crippen LogP contribution in [-0.4, -0.2) is 33.6 Å². The maximum Gasteiger partial charge on any atom is 0.373 e. The van der Waals surface area contributed by atoms with E-state index in [4.69, 9.17) is 15.3 Å². The molecule has 0 rings (SSSR count). The van der Waals surface area contributed by atoms with E-state index >= 15 is 0 Å². The summed E-state index contributed by atoms with van der Waals surface area (Å²) in [5.41, 5.74) is 0. The van der Waals surface area contributed by atoms with Gasteiger partial charge in [-0.2, -0.15) is 0 Å². The van der Waals surface area contributed by atoms with Gasteiger partial charge in [-0.1, -0.05) is 0 Å². The van der Waals surface area contributed by atoms with Crippen LogP contribution in [0.5, 0.6) is 0 Å². The molecule has 0 aliphatic rings.